The normalized spacial score (nSPS) is 19.4. The Bertz CT molecular complexity index is 677. The minimum atomic E-state index is -3.64. The Labute approximate surface area is 142 Å². The molecular weight excluding hydrogens is 332 g/mol. The maximum atomic E-state index is 12.5. The lowest BCUT2D eigenvalue weighted by Crippen LogP contribution is -2.47. The molecule has 134 valence electrons. The van der Waals surface area contributed by atoms with Gasteiger partial charge in [0.05, 0.1) is 6.33 Å². The van der Waals surface area contributed by atoms with E-state index in [1.54, 1.807) is 11.6 Å². The van der Waals surface area contributed by atoms with Crippen LogP contribution in [-0.4, -0.2) is 61.1 Å². The summed E-state index contributed by atoms with van der Waals surface area (Å²) < 4.78 is 33.9. The highest BCUT2D eigenvalue weighted by Gasteiger charge is 2.36. The van der Waals surface area contributed by atoms with Gasteiger partial charge in [0, 0.05) is 51.5 Å². The highest BCUT2D eigenvalue weighted by molar-refractivity contribution is 7.89. The number of nitrogens with zero attached hydrogens (tertiary/aromatic N) is 3. The van der Waals surface area contributed by atoms with Gasteiger partial charge in [-0.15, -0.1) is 0 Å². The number of carbonyl (C=O) groups is 1. The first-order valence-corrected chi connectivity index (χ1v) is 9.81. The SMILES string of the molecule is Cn1cnc(S(=O)(=O)NCCN(C(=O)C2CC2)C2CCOCC2)c1. The average molecular weight is 356 g/mol. The summed E-state index contributed by atoms with van der Waals surface area (Å²) in [6.45, 7) is 1.87. The number of carbonyl (C=O) groups excluding carboxylic acids is 1. The summed E-state index contributed by atoms with van der Waals surface area (Å²) in [5.41, 5.74) is 0. The van der Waals surface area contributed by atoms with Crippen LogP contribution in [0.1, 0.15) is 25.7 Å². The summed E-state index contributed by atoms with van der Waals surface area (Å²) >= 11 is 0. The van der Waals surface area contributed by atoms with Crippen LogP contribution in [0.25, 0.3) is 0 Å². The van der Waals surface area contributed by atoms with E-state index in [0.29, 0.717) is 19.8 Å². The first kappa shape index (κ1) is 17.4. The molecule has 2 heterocycles. The predicted octanol–water partition coefficient (Wildman–Crippen LogP) is 0.116. The Balaban J connectivity index is 1.59. The second-order valence-electron chi connectivity index (χ2n) is 6.42. The summed E-state index contributed by atoms with van der Waals surface area (Å²) in [6.07, 6.45) is 6.40. The molecule has 8 nitrogen and oxygen atoms in total. The molecule has 0 atom stereocenters. The summed E-state index contributed by atoms with van der Waals surface area (Å²) in [6, 6.07) is 0.145. The molecule has 0 unspecified atom stereocenters. The summed E-state index contributed by atoms with van der Waals surface area (Å²) in [4.78, 5) is 18.2. The second kappa shape index (κ2) is 7.20. The molecular formula is C15H24N4O4S. The predicted molar refractivity (Wildman–Crippen MR) is 86.7 cm³/mol. The lowest BCUT2D eigenvalue weighted by molar-refractivity contribution is -0.136. The van der Waals surface area contributed by atoms with Crippen LogP contribution in [0.15, 0.2) is 17.6 Å². The van der Waals surface area contributed by atoms with E-state index in [1.165, 1.54) is 12.5 Å². The van der Waals surface area contributed by atoms with E-state index in [1.807, 2.05) is 4.90 Å². The van der Waals surface area contributed by atoms with Crippen molar-refractivity contribution >= 4 is 15.9 Å². The molecule has 9 heteroatoms. The van der Waals surface area contributed by atoms with Gasteiger partial charge in [0.1, 0.15) is 0 Å². The highest BCUT2D eigenvalue weighted by Crippen LogP contribution is 2.32. The van der Waals surface area contributed by atoms with Crippen LogP contribution >= 0.6 is 0 Å². The van der Waals surface area contributed by atoms with E-state index in [9.17, 15) is 13.2 Å². The van der Waals surface area contributed by atoms with Crippen molar-refractivity contribution in [2.75, 3.05) is 26.3 Å². The van der Waals surface area contributed by atoms with Crippen LogP contribution in [-0.2, 0) is 26.6 Å². The number of rotatable bonds is 7. The van der Waals surface area contributed by atoms with E-state index >= 15 is 0 Å². The molecule has 1 saturated carbocycles. The Morgan fingerprint density at radius 1 is 1.38 bits per heavy atom. The largest absolute Gasteiger partial charge is 0.381 e. The number of amides is 1. The highest BCUT2D eigenvalue weighted by atomic mass is 32.2. The zero-order valence-electron chi connectivity index (χ0n) is 13.8. The molecule has 1 aliphatic carbocycles. The van der Waals surface area contributed by atoms with Gasteiger partial charge in [-0.05, 0) is 25.7 Å². The van der Waals surface area contributed by atoms with Gasteiger partial charge < -0.3 is 14.2 Å². The van der Waals surface area contributed by atoms with E-state index in [4.69, 9.17) is 4.74 Å². The maximum absolute atomic E-state index is 12.5. The van der Waals surface area contributed by atoms with Crippen molar-refractivity contribution in [3.05, 3.63) is 12.5 Å². The molecule has 1 amide bonds. The van der Waals surface area contributed by atoms with Crippen molar-refractivity contribution in [1.82, 2.24) is 19.2 Å². The molecule has 1 aromatic rings. The lowest BCUT2D eigenvalue weighted by atomic mass is 10.1. The molecule has 0 radical (unpaired) electrons. The number of imidazole rings is 1. The van der Waals surface area contributed by atoms with Crippen molar-refractivity contribution in [2.24, 2.45) is 13.0 Å². The zero-order chi connectivity index (χ0) is 17.2. The number of hydrogen-bond acceptors (Lipinski definition) is 5. The van der Waals surface area contributed by atoms with Crippen LogP contribution < -0.4 is 4.72 Å². The summed E-state index contributed by atoms with van der Waals surface area (Å²) in [7, 11) is -1.93. The first-order valence-electron chi connectivity index (χ1n) is 8.33. The zero-order valence-corrected chi connectivity index (χ0v) is 14.7. The molecule has 0 aromatic carbocycles. The van der Waals surface area contributed by atoms with E-state index in [0.717, 1.165) is 25.7 Å². The smallest absolute Gasteiger partial charge is 0.259 e. The number of ether oxygens (including phenoxy) is 1. The maximum Gasteiger partial charge on any atom is 0.259 e. The number of aryl methyl sites for hydroxylation is 1. The molecule has 1 aromatic heterocycles. The van der Waals surface area contributed by atoms with Gasteiger partial charge in [-0.2, -0.15) is 0 Å². The fraction of sp³-hybridized carbons (Fsp3) is 0.733. The lowest BCUT2D eigenvalue weighted by Gasteiger charge is -2.34. The van der Waals surface area contributed by atoms with Crippen molar-refractivity contribution < 1.29 is 17.9 Å². The van der Waals surface area contributed by atoms with Crippen LogP contribution in [0.4, 0.5) is 0 Å². The van der Waals surface area contributed by atoms with Crippen molar-refractivity contribution in [3.63, 3.8) is 0 Å². The Kier molecular flexibility index (Phi) is 5.21. The van der Waals surface area contributed by atoms with Crippen LogP contribution in [0.3, 0.4) is 0 Å². The molecule has 1 saturated heterocycles. The molecule has 24 heavy (non-hydrogen) atoms. The van der Waals surface area contributed by atoms with Crippen molar-refractivity contribution in [2.45, 2.75) is 36.8 Å². The third-order valence-corrected chi connectivity index (χ3v) is 5.79. The summed E-state index contributed by atoms with van der Waals surface area (Å²) in [5, 5.41) is -0.00358. The third-order valence-electron chi connectivity index (χ3n) is 4.44. The quantitative estimate of drug-likeness (QED) is 0.749. The minimum absolute atomic E-state index is 0.00358. The Morgan fingerprint density at radius 2 is 2.08 bits per heavy atom. The number of nitrogens with one attached hydrogen (secondary N) is 1. The molecule has 2 fully saturated rings. The van der Waals surface area contributed by atoms with Gasteiger partial charge in [-0.1, -0.05) is 0 Å². The van der Waals surface area contributed by atoms with Crippen molar-refractivity contribution in [1.29, 1.82) is 0 Å². The van der Waals surface area contributed by atoms with Crippen LogP contribution in [0.2, 0.25) is 0 Å². The Morgan fingerprint density at radius 3 is 2.67 bits per heavy atom. The molecule has 3 rings (SSSR count). The second-order valence-corrected chi connectivity index (χ2v) is 8.14. The monoisotopic (exact) mass is 356 g/mol. The van der Waals surface area contributed by atoms with Gasteiger partial charge in [0.2, 0.25) is 5.91 Å². The van der Waals surface area contributed by atoms with E-state index in [-0.39, 0.29) is 29.4 Å². The molecule has 0 bridgehead atoms. The summed E-state index contributed by atoms with van der Waals surface area (Å²) in [5.74, 6) is 0.277. The molecule has 1 N–H and O–H groups in total. The molecule has 1 aliphatic heterocycles. The van der Waals surface area contributed by atoms with Gasteiger partial charge in [0.25, 0.3) is 10.0 Å². The Hall–Kier alpha value is -1.45. The van der Waals surface area contributed by atoms with Gasteiger partial charge in [0.15, 0.2) is 5.03 Å². The fourth-order valence-corrected chi connectivity index (χ4v) is 3.94. The fourth-order valence-electron chi connectivity index (χ4n) is 2.94. The number of hydrogen-bond donors (Lipinski definition) is 1. The molecule has 2 aliphatic rings. The van der Waals surface area contributed by atoms with Crippen LogP contribution in [0.5, 0.6) is 0 Å². The first-order chi connectivity index (χ1) is 11.5. The van der Waals surface area contributed by atoms with E-state index < -0.39 is 10.0 Å². The van der Waals surface area contributed by atoms with Gasteiger partial charge >= 0.3 is 0 Å². The van der Waals surface area contributed by atoms with E-state index in [2.05, 4.69) is 9.71 Å². The topological polar surface area (TPSA) is 93.5 Å². The van der Waals surface area contributed by atoms with Gasteiger partial charge in [-0.25, -0.2) is 18.1 Å². The average Bonchev–Trinajstić information content (AvgIpc) is 3.32. The minimum Gasteiger partial charge on any atom is -0.381 e. The number of sulfonamides is 1. The number of aromatic nitrogens is 2. The molecule has 0 spiro atoms. The third kappa shape index (κ3) is 4.14. The standard InChI is InChI=1S/C15H24N4O4S/c1-18-10-14(16-11-18)24(21,22)17-6-7-19(15(20)12-2-3-12)13-4-8-23-9-5-13/h10-13,17H,2-9H2,1H3. The van der Waals surface area contributed by atoms with Crippen LogP contribution in [0, 0.1) is 5.92 Å². The van der Waals surface area contributed by atoms with Gasteiger partial charge in [-0.3, -0.25) is 4.79 Å². The van der Waals surface area contributed by atoms with Crippen molar-refractivity contribution in [3.8, 4) is 0 Å².